The molecule has 7 nitrogen and oxygen atoms in total. The second-order valence-corrected chi connectivity index (χ2v) is 6.54. The highest BCUT2D eigenvalue weighted by atomic mass is 16.5. The molecule has 0 spiro atoms. The van der Waals surface area contributed by atoms with Crippen LogP contribution in [0.2, 0.25) is 0 Å². The summed E-state index contributed by atoms with van der Waals surface area (Å²) >= 11 is 0. The molecular formula is C22H19N5O2. The van der Waals surface area contributed by atoms with Gasteiger partial charge in [-0.05, 0) is 72.3 Å². The lowest BCUT2D eigenvalue weighted by molar-refractivity contribution is 0.102. The highest BCUT2D eigenvalue weighted by Gasteiger charge is 2.11. The van der Waals surface area contributed by atoms with Gasteiger partial charge in [-0.15, -0.1) is 5.10 Å². The van der Waals surface area contributed by atoms with Gasteiger partial charge >= 0.3 is 0 Å². The van der Waals surface area contributed by atoms with Crippen LogP contribution < -0.4 is 10.1 Å². The van der Waals surface area contributed by atoms with Crippen LogP contribution in [-0.2, 0) is 0 Å². The van der Waals surface area contributed by atoms with Crippen molar-refractivity contribution in [3.63, 3.8) is 0 Å². The van der Waals surface area contributed by atoms with Gasteiger partial charge in [0.2, 0.25) is 0 Å². The lowest BCUT2D eigenvalue weighted by atomic mass is 10.1. The molecule has 3 aromatic carbocycles. The third-order valence-corrected chi connectivity index (χ3v) is 4.40. The van der Waals surface area contributed by atoms with E-state index in [1.807, 2.05) is 68.4 Å². The molecule has 29 heavy (non-hydrogen) atoms. The van der Waals surface area contributed by atoms with Gasteiger partial charge in [-0.3, -0.25) is 4.79 Å². The predicted molar refractivity (Wildman–Crippen MR) is 110 cm³/mol. The topological polar surface area (TPSA) is 81.9 Å². The standard InChI is InChI=1S/C22H19N5O2/c1-15-11-12-18(14-21(15)27-16(2)24-25-26-27)23-22(28)17-7-6-10-20(13-17)29-19-8-4-3-5-9-19/h3-14H,1-2H3,(H,23,28). The Morgan fingerprint density at radius 3 is 2.48 bits per heavy atom. The summed E-state index contributed by atoms with van der Waals surface area (Å²) in [6.45, 7) is 3.79. The van der Waals surface area contributed by atoms with Crippen LogP contribution >= 0.6 is 0 Å². The molecule has 0 bridgehead atoms. The molecule has 1 amide bonds. The first-order chi connectivity index (χ1) is 14.1. The van der Waals surface area contributed by atoms with E-state index in [0.717, 1.165) is 11.3 Å². The van der Waals surface area contributed by atoms with E-state index in [-0.39, 0.29) is 5.91 Å². The Morgan fingerprint density at radius 2 is 1.72 bits per heavy atom. The first-order valence-electron chi connectivity index (χ1n) is 9.10. The van der Waals surface area contributed by atoms with Crippen molar-refractivity contribution in [2.75, 3.05) is 5.32 Å². The molecule has 1 N–H and O–H groups in total. The fourth-order valence-electron chi connectivity index (χ4n) is 2.90. The van der Waals surface area contributed by atoms with Crippen molar-refractivity contribution < 1.29 is 9.53 Å². The number of rotatable bonds is 5. The second-order valence-electron chi connectivity index (χ2n) is 6.54. The molecule has 1 aromatic heterocycles. The lowest BCUT2D eigenvalue weighted by Gasteiger charge is -2.11. The third-order valence-electron chi connectivity index (χ3n) is 4.40. The minimum atomic E-state index is -0.230. The largest absolute Gasteiger partial charge is 0.457 e. The van der Waals surface area contributed by atoms with Crippen LogP contribution in [0.1, 0.15) is 21.7 Å². The number of amides is 1. The zero-order valence-corrected chi connectivity index (χ0v) is 16.0. The van der Waals surface area contributed by atoms with E-state index in [9.17, 15) is 4.79 Å². The van der Waals surface area contributed by atoms with Gasteiger partial charge < -0.3 is 10.1 Å². The van der Waals surface area contributed by atoms with E-state index in [4.69, 9.17) is 4.74 Å². The summed E-state index contributed by atoms with van der Waals surface area (Å²) in [5.74, 6) is 1.75. The van der Waals surface area contributed by atoms with Gasteiger partial charge in [-0.25, -0.2) is 0 Å². The average molecular weight is 385 g/mol. The van der Waals surface area contributed by atoms with E-state index in [1.54, 1.807) is 22.9 Å². The zero-order valence-electron chi connectivity index (χ0n) is 16.0. The Labute approximate surface area is 168 Å². The number of para-hydroxylation sites is 1. The number of carbonyl (C=O) groups is 1. The van der Waals surface area contributed by atoms with Gasteiger partial charge in [0.05, 0.1) is 5.69 Å². The van der Waals surface area contributed by atoms with E-state index in [1.165, 1.54) is 0 Å². The van der Waals surface area contributed by atoms with Crippen molar-refractivity contribution in [1.82, 2.24) is 20.2 Å². The maximum atomic E-state index is 12.8. The molecule has 144 valence electrons. The highest BCUT2D eigenvalue weighted by molar-refractivity contribution is 6.04. The molecular weight excluding hydrogens is 366 g/mol. The van der Waals surface area contributed by atoms with Gasteiger partial charge in [0.15, 0.2) is 5.82 Å². The minimum absolute atomic E-state index is 0.230. The number of hydrogen-bond acceptors (Lipinski definition) is 5. The molecule has 1 heterocycles. The molecule has 0 fully saturated rings. The number of anilines is 1. The molecule has 0 aliphatic rings. The van der Waals surface area contributed by atoms with Gasteiger partial charge in [-0.2, -0.15) is 4.68 Å². The fraction of sp³-hybridized carbons (Fsp3) is 0.0909. The molecule has 0 saturated heterocycles. The quantitative estimate of drug-likeness (QED) is 0.553. The van der Waals surface area contributed by atoms with Crippen LogP contribution in [0.5, 0.6) is 11.5 Å². The molecule has 0 radical (unpaired) electrons. The van der Waals surface area contributed by atoms with Crippen LogP contribution in [0, 0.1) is 13.8 Å². The summed E-state index contributed by atoms with van der Waals surface area (Å²) < 4.78 is 7.45. The van der Waals surface area contributed by atoms with E-state index < -0.39 is 0 Å². The molecule has 0 aliphatic carbocycles. The highest BCUT2D eigenvalue weighted by Crippen LogP contribution is 2.23. The Balaban J connectivity index is 1.54. The van der Waals surface area contributed by atoms with Crippen molar-refractivity contribution >= 4 is 11.6 Å². The van der Waals surface area contributed by atoms with Gasteiger partial charge in [0.1, 0.15) is 11.5 Å². The van der Waals surface area contributed by atoms with Gasteiger partial charge in [0.25, 0.3) is 5.91 Å². The summed E-state index contributed by atoms with van der Waals surface area (Å²) in [6, 6.07) is 22.1. The maximum Gasteiger partial charge on any atom is 0.255 e. The van der Waals surface area contributed by atoms with Crippen molar-refractivity contribution in [1.29, 1.82) is 0 Å². The number of benzene rings is 3. The summed E-state index contributed by atoms with van der Waals surface area (Å²) in [4.78, 5) is 12.8. The maximum absolute atomic E-state index is 12.8. The molecule has 0 saturated carbocycles. The Morgan fingerprint density at radius 1 is 0.931 bits per heavy atom. The summed E-state index contributed by atoms with van der Waals surface area (Å²) in [5, 5.41) is 14.5. The summed E-state index contributed by atoms with van der Waals surface area (Å²) in [6.07, 6.45) is 0. The minimum Gasteiger partial charge on any atom is -0.457 e. The van der Waals surface area contributed by atoms with Crippen LogP contribution in [0.3, 0.4) is 0 Å². The number of tetrazole rings is 1. The monoisotopic (exact) mass is 385 g/mol. The number of carbonyl (C=O) groups excluding carboxylic acids is 1. The Hall–Kier alpha value is -4.00. The Kier molecular flexibility index (Phi) is 5.03. The molecule has 0 aliphatic heterocycles. The van der Waals surface area contributed by atoms with Crippen LogP contribution in [0.25, 0.3) is 5.69 Å². The predicted octanol–water partition coefficient (Wildman–Crippen LogP) is 4.32. The van der Waals surface area contributed by atoms with Crippen LogP contribution in [0.4, 0.5) is 5.69 Å². The number of nitrogens with zero attached hydrogens (tertiary/aromatic N) is 4. The number of hydrogen-bond donors (Lipinski definition) is 1. The number of aryl methyl sites for hydroxylation is 2. The normalized spacial score (nSPS) is 10.6. The molecule has 0 unspecified atom stereocenters. The third kappa shape index (κ3) is 4.14. The second kappa shape index (κ2) is 7.93. The smallest absolute Gasteiger partial charge is 0.255 e. The van der Waals surface area contributed by atoms with Crippen molar-refractivity contribution in [2.45, 2.75) is 13.8 Å². The number of nitrogens with one attached hydrogen (secondary N) is 1. The molecule has 4 rings (SSSR count). The summed E-state index contributed by atoms with van der Waals surface area (Å²) in [5.41, 5.74) is 2.96. The van der Waals surface area contributed by atoms with E-state index >= 15 is 0 Å². The number of aromatic nitrogens is 4. The van der Waals surface area contributed by atoms with E-state index in [2.05, 4.69) is 20.8 Å². The first kappa shape index (κ1) is 18.4. The van der Waals surface area contributed by atoms with Gasteiger partial charge in [-0.1, -0.05) is 30.3 Å². The van der Waals surface area contributed by atoms with Crippen LogP contribution in [0.15, 0.2) is 72.8 Å². The zero-order chi connectivity index (χ0) is 20.2. The van der Waals surface area contributed by atoms with Crippen LogP contribution in [-0.4, -0.2) is 26.1 Å². The van der Waals surface area contributed by atoms with Gasteiger partial charge in [0, 0.05) is 11.3 Å². The van der Waals surface area contributed by atoms with Crippen molar-refractivity contribution in [2.24, 2.45) is 0 Å². The molecule has 7 heteroatoms. The SMILES string of the molecule is Cc1ccc(NC(=O)c2cccc(Oc3ccccc3)c2)cc1-n1nnnc1C. The summed E-state index contributed by atoms with van der Waals surface area (Å²) in [7, 11) is 0. The number of ether oxygens (including phenoxy) is 1. The molecule has 4 aromatic rings. The Bertz CT molecular complexity index is 1150. The van der Waals surface area contributed by atoms with Crippen molar-refractivity contribution in [3.8, 4) is 17.2 Å². The average Bonchev–Trinajstić information content (AvgIpc) is 3.16. The fourth-order valence-corrected chi connectivity index (χ4v) is 2.90. The van der Waals surface area contributed by atoms with Crippen molar-refractivity contribution in [3.05, 3.63) is 89.7 Å². The molecule has 0 atom stereocenters. The lowest BCUT2D eigenvalue weighted by Crippen LogP contribution is -2.12. The van der Waals surface area contributed by atoms with E-state index in [0.29, 0.717) is 28.6 Å². The first-order valence-corrected chi connectivity index (χ1v) is 9.10.